The van der Waals surface area contributed by atoms with Crippen molar-refractivity contribution < 1.29 is 9.90 Å². The summed E-state index contributed by atoms with van der Waals surface area (Å²) in [7, 11) is 0. The molecule has 0 saturated heterocycles. The predicted molar refractivity (Wildman–Crippen MR) is 77.6 cm³/mol. The summed E-state index contributed by atoms with van der Waals surface area (Å²) >= 11 is 1.68. The number of hydrogen-bond acceptors (Lipinski definition) is 4. The molecule has 0 fully saturated rings. The highest BCUT2D eigenvalue weighted by Gasteiger charge is 2.08. The highest BCUT2D eigenvalue weighted by atomic mass is 32.1. The zero-order chi connectivity index (χ0) is 14.3. The molecule has 108 valence electrons. The van der Waals surface area contributed by atoms with Crippen molar-refractivity contribution in [3.05, 3.63) is 15.6 Å². The van der Waals surface area contributed by atoms with Crippen molar-refractivity contribution >= 4 is 17.4 Å². The van der Waals surface area contributed by atoms with Crippen molar-refractivity contribution in [3.8, 4) is 0 Å². The third-order valence-electron chi connectivity index (χ3n) is 2.81. The number of thiazole rings is 1. The normalized spacial score (nSPS) is 12.2. The molecule has 0 aliphatic rings. The first-order chi connectivity index (χ1) is 9.02. The van der Waals surface area contributed by atoms with Gasteiger partial charge in [-0.15, -0.1) is 11.3 Å². The van der Waals surface area contributed by atoms with Crippen LogP contribution in [-0.2, 0) is 6.42 Å². The largest absolute Gasteiger partial charge is 0.396 e. The van der Waals surface area contributed by atoms with Gasteiger partial charge in [0.15, 0.2) is 0 Å². The van der Waals surface area contributed by atoms with Crippen LogP contribution >= 0.6 is 11.3 Å². The van der Waals surface area contributed by atoms with Gasteiger partial charge in [-0.05, 0) is 33.6 Å². The fourth-order valence-electron chi connectivity index (χ4n) is 1.84. The lowest BCUT2D eigenvalue weighted by Gasteiger charge is -2.13. The van der Waals surface area contributed by atoms with E-state index in [1.165, 1.54) is 4.88 Å². The van der Waals surface area contributed by atoms with E-state index in [0.29, 0.717) is 13.0 Å². The molecule has 19 heavy (non-hydrogen) atoms. The van der Waals surface area contributed by atoms with Crippen LogP contribution in [0.25, 0.3) is 0 Å². The molecule has 2 amide bonds. The van der Waals surface area contributed by atoms with E-state index < -0.39 is 0 Å². The first kappa shape index (κ1) is 15.9. The Morgan fingerprint density at radius 3 is 2.79 bits per heavy atom. The fourth-order valence-corrected chi connectivity index (χ4v) is 2.78. The fraction of sp³-hybridized carbons (Fsp3) is 0.692. The second-order valence-electron chi connectivity index (χ2n) is 4.66. The summed E-state index contributed by atoms with van der Waals surface area (Å²) in [6, 6.07) is -0.0659. The number of rotatable bonds is 7. The zero-order valence-electron chi connectivity index (χ0n) is 11.8. The second kappa shape index (κ2) is 8.12. The van der Waals surface area contributed by atoms with Crippen LogP contribution in [0.5, 0.6) is 0 Å². The molecule has 0 saturated carbocycles. The summed E-state index contributed by atoms with van der Waals surface area (Å²) in [5, 5.41) is 15.5. The van der Waals surface area contributed by atoms with Gasteiger partial charge in [0.2, 0.25) is 0 Å². The molecule has 1 aromatic rings. The number of aromatic nitrogens is 1. The van der Waals surface area contributed by atoms with Crippen molar-refractivity contribution in [2.45, 2.75) is 46.1 Å². The van der Waals surface area contributed by atoms with Crippen LogP contribution in [0.4, 0.5) is 4.79 Å². The quantitative estimate of drug-likeness (QED) is 0.714. The first-order valence-corrected chi connectivity index (χ1v) is 7.42. The van der Waals surface area contributed by atoms with Gasteiger partial charge < -0.3 is 15.7 Å². The van der Waals surface area contributed by atoms with Gasteiger partial charge in [0.1, 0.15) is 0 Å². The number of amides is 2. The lowest BCUT2D eigenvalue weighted by atomic mass is 10.2. The van der Waals surface area contributed by atoms with Crippen LogP contribution in [0.3, 0.4) is 0 Å². The number of nitrogens with zero attached hydrogens (tertiary/aromatic N) is 1. The smallest absolute Gasteiger partial charge is 0.315 e. The molecule has 1 rings (SSSR count). The molecular weight excluding hydrogens is 262 g/mol. The molecule has 0 spiro atoms. The minimum atomic E-state index is -0.149. The summed E-state index contributed by atoms with van der Waals surface area (Å²) in [5.74, 6) is 0. The lowest BCUT2D eigenvalue weighted by Crippen LogP contribution is -2.41. The standard InChI is InChI=1S/C13H23N3O2S/c1-9(5-4-8-17)15-13(18)14-7-6-12-10(2)16-11(3)19-12/h9,17H,4-8H2,1-3H3,(H2,14,15,18). The maximum absolute atomic E-state index is 11.6. The topological polar surface area (TPSA) is 74.2 Å². The van der Waals surface area contributed by atoms with Gasteiger partial charge >= 0.3 is 6.03 Å². The maximum Gasteiger partial charge on any atom is 0.315 e. The van der Waals surface area contributed by atoms with E-state index in [1.807, 2.05) is 20.8 Å². The summed E-state index contributed by atoms with van der Waals surface area (Å²) < 4.78 is 0. The molecule has 0 aliphatic carbocycles. The molecule has 1 atom stereocenters. The number of hydrogen-bond donors (Lipinski definition) is 3. The van der Waals surface area contributed by atoms with E-state index in [2.05, 4.69) is 15.6 Å². The minimum Gasteiger partial charge on any atom is -0.396 e. The summed E-state index contributed by atoms with van der Waals surface area (Å²) in [6.45, 7) is 6.70. The van der Waals surface area contributed by atoms with E-state index in [4.69, 9.17) is 5.11 Å². The monoisotopic (exact) mass is 285 g/mol. The molecule has 0 radical (unpaired) electrons. The molecule has 0 aromatic carbocycles. The summed E-state index contributed by atoms with van der Waals surface area (Å²) in [6.07, 6.45) is 2.31. The van der Waals surface area contributed by atoms with Crippen molar-refractivity contribution in [1.29, 1.82) is 0 Å². The first-order valence-electron chi connectivity index (χ1n) is 6.61. The van der Waals surface area contributed by atoms with E-state index >= 15 is 0 Å². The van der Waals surface area contributed by atoms with E-state index in [9.17, 15) is 4.79 Å². The Hall–Kier alpha value is -1.14. The van der Waals surface area contributed by atoms with Crippen molar-refractivity contribution in [1.82, 2.24) is 15.6 Å². The molecular formula is C13H23N3O2S. The minimum absolute atomic E-state index is 0.0829. The van der Waals surface area contributed by atoms with Gasteiger partial charge in [-0.1, -0.05) is 0 Å². The number of aliphatic hydroxyl groups is 1. The molecule has 6 heteroatoms. The third-order valence-corrected chi connectivity index (χ3v) is 3.94. The second-order valence-corrected chi connectivity index (χ2v) is 5.95. The van der Waals surface area contributed by atoms with Gasteiger partial charge in [-0.3, -0.25) is 0 Å². The molecule has 1 aromatic heterocycles. The molecule has 1 heterocycles. The Morgan fingerprint density at radius 2 is 2.21 bits per heavy atom. The average Bonchev–Trinajstić information content (AvgIpc) is 2.65. The Kier molecular flexibility index (Phi) is 6.80. The van der Waals surface area contributed by atoms with Crippen LogP contribution in [0.2, 0.25) is 0 Å². The molecule has 0 bridgehead atoms. The van der Waals surface area contributed by atoms with Crippen LogP contribution in [-0.4, -0.2) is 35.3 Å². The molecule has 3 N–H and O–H groups in total. The predicted octanol–water partition coefficient (Wildman–Crippen LogP) is 1.76. The van der Waals surface area contributed by atoms with Gasteiger partial charge in [0, 0.05) is 30.5 Å². The van der Waals surface area contributed by atoms with Crippen molar-refractivity contribution in [2.75, 3.05) is 13.2 Å². The van der Waals surface area contributed by atoms with Crippen LogP contribution in [0.15, 0.2) is 0 Å². The molecule has 1 unspecified atom stereocenters. The van der Waals surface area contributed by atoms with E-state index in [0.717, 1.165) is 23.5 Å². The van der Waals surface area contributed by atoms with Gasteiger partial charge in [-0.2, -0.15) is 0 Å². The Balaban J connectivity index is 2.22. The molecule has 0 aliphatic heterocycles. The lowest BCUT2D eigenvalue weighted by molar-refractivity contribution is 0.234. The Labute approximate surface area is 118 Å². The Morgan fingerprint density at radius 1 is 1.47 bits per heavy atom. The number of nitrogens with one attached hydrogen (secondary N) is 2. The highest BCUT2D eigenvalue weighted by molar-refractivity contribution is 7.11. The van der Waals surface area contributed by atoms with Crippen molar-refractivity contribution in [2.24, 2.45) is 0 Å². The van der Waals surface area contributed by atoms with Crippen LogP contribution < -0.4 is 10.6 Å². The van der Waals surface area contributed by atoms with Crippen LogP contribution in [0.1, 0.15) is 35.3 Å². The van der Waals surface area contributed by atoms with E-state index in [1.54, 1.807) is 11.3 Å². The SMILES string of the molecule is Cc1nc(C)c(CCNC(=O)NC(C)CCCO)s1. The number of carbonyl (C=O) groups is 1. The number of urea groups is 1. The maximum atomic E-state index is 11.6. The third kappa shape index (κ3) is 6.02. The van der Waals surface area contributed by atoms with Gasteiger partial charge in [0.05, 0.1) is 10.7 Å². The molecule has 5 nitrogen and oxygen atoms in total. The van der Waals surface area contributed by atoms with Crippen molar-refractivity contribution in [3.63, 3.8) is 0 Å². The summed E-state index contributed by atoms with van der Waals surface area (Å²) in [5.41, 5.74) is 1.06. The highest BCUT2D eigenvalue weighted by Crippen LogP contribution is 2.16. The van der Waals surface area contributed by atoms with Crippen LogP contribution in [0, 0.1) is 13.8 Å². The summed E-state index contributed by atoms with van der Waals surface area (Å²) in [4.78, 5) is 17.2. The average molecular weight is 285 g/mol. The number of carbonyl (C=O) groups excluding carboxylic acids is 1. The number of aliphatic hydroxyl groups excluding tert-OH is 1. The number of aryl methyl sites for hydroxylation is 2. The Bertz CT molecular complexity index is 407. The zero-order valence-corrected chi connectivity index (χ0v) is 12.6. The van der Waals surface area contributed by atoms with Gasteiger partial charge in [0.25, 0.3) is 0 Å². The van der Waals surface area contributed by atoms with E-state index in [-0.39, 0.29) is 18.7 Å². The van der Waals surface area contributed by atoms with Gasteiger partial charge in [-0.25, -0.2) is 9.78 Å².